The molecule has 1 N–H and O–H groups in total. The van der Waals surface area contributed by atoms with Crippen LogP contribution in [0.5, 0.6) is 0 Å². The number of nitrogens with one attached hydrogen (secondary N) is 1. The SMILES string of the molecule is Cc1nc(C)c(C(=O)N2CCCC(c3ccc(C(=O)NCC4CC4)cn3)C2)s1. The minimum atomic E-state index is -0.0533. The molecule has 1 unspecified atom stereocenters. The Kier molecular flexibility index (Phi) is 5.44. The van der Waals surface area contributed by atoms with E-state index in [1.54, 1.807) is 6.20 Å². The van der Waals surface area contributed by atoms with Gasteiger partial charge in [0.1, 0.15) is 4.88 Å². The first-order chi connectivity index (χ1) is 13.5. The average molecular weight is 399 g/mol. The molecule has 0 radical (unpaired) electrons. The lowest BCUT2D eigenvalue weighted by Crippen LogP contribution is -2.39. The van der Waals surface area contributed by atoms with Crippen LogP contribution < -0.4 is 5.32 Å². The Morgan fingerprint density at radius 1 is 1.25 bits per heavy atom. The largest absolute Gasteiger partial charge is 0.352 e. The highest BCUT2D eigenvalue weighted by Crippen LogP contribution is 2.29. The molecule has 2 fully saturated rings. The molecule has 2 aromatic heterocycles. The number of piperidine rings is 1. The minimum absolute atomic E-state index is 0.0533. The maximum Gasteiger partial charge on any atom is 0.265 e. The molecule has 2 aromatic rings. The molecule has 1 aliphatic heterocycles. The van der Waals surface area contributed by atoms with Crippen molar-refractivity contribution < 1.29 is 9.59 Å². The van der Waals surface area contributed by atoms with Crippen molar-refractivity contribution in [2.45, 2.75) is 45.4 Å². The predicted octanol–water partition coefficient (Wildman–Crippen LogP) is 3.31. The molecule has 148 valence electrons. The number of rotatable bonds is 5. The van der Waals surface area contributed by atoms with E-state index < -0.39 is 0 Å². The zero-order valence-electron chi connectivity index (χ0n) is 16.4. The van der Waals surface area contributed by atoms with E-state index in [0.717, 1.165) is 47.2 Å². The number of thiazole rings is 1. The van der Waals surface area contributed by atoms with Gasteiger partial charge in [0.05, 0.1) is 16.3 Å². The van der Waals surface area contributed by atoms with Crippen LogP contribution in [0.1, 0.15) is 68.0 Å². The second-order valence-electron chi connectivity index (χ2n) is 7.86. The lowest BCUT2D eigenvalue weighted by atomic mass is 9.94. The Morgan fingerprint density at radius 2 is 2.07 bits per heavy atom. The van der Waals surface area contributed by atoms with Crippen LogP contribution in [0.15, 0.2) is 18.3 Å². The summed E-state index contributed by atoms with van der Waals surface area (Å²) in [5, 5.41) is 3.89. The van der Waals surface area contributed by atoms with Crippen LogP contribution in [0.3, 0.4) is 0 Å². The molecule has 1 aliphatic carbocycles. The Morgan fingerprint density at radius 3 is 2.71 bits per heavy atom. The third-order valence-electron chi connectivity index (χ3n) is 5.52. The monoisotopic (exact) mass is 398 g/mol. The van der Waals surface area contributed by atoms with Gasteiger partial charge in [-0.3, -0.25) is 14.6 Å². The summed E-state index contributed by atoms with van der Waals surface area (Å²) in [5.74, 6) is 0.884. The van der Waals surface area contributed by atoms with Crippen LogP contribution in [0, 0.1) is 19.8 Å². The number of likely N-dealkylation sites (tertiary alicyclic amines) is 1. The van der Waals surface area contributed by atoms with Crippen LogP contribution in [-0.4, -0.2) is 46.3 Å². The highest BCUT2D eigenvalue weighted by atomic mass is 32.1. The summed E-state index contributed by atoms with van der Waals surface area (Å²) in [4.78, 5) is 36.7. The molecular weight excluding hydrogens is 372 g/mol. The van der Waals surface area contributed by atoms with Crippen molar-refractivity contribution in [1.29, 1.82) is 0 Å². The van der Waals surface area contributed by atoms with E-state index >= 15 is 0 Å². The van der Waals surface area contributed by atoms with Crippen molar-refractivity contribution in [2.75, 3.05) is 19.6 Å². The number of aromatic nitrogens is 2. The van der Waals surface area contributed by atoms with Gasteiger partial charge in [-0.05, 0) is 57.6 Å². The Bertz CT molecular complexity index is 873. The molecule has 4 rings (SSSR count). The van der Waals surface area contributed by atoms with E-state index in [9.17, 15) is 9.59 Å². The van der Waals surface area contributed by atoms with Crippen molar-refractivity contribution in [3.05, 3.63) is 45.2 Å². The van der Waals surface area contributed by atoms with E-state index in [-0.39, 0.29) is 17.7 Å². The summed E-state index contributed by atoms with van der Waals surface area (Å²) in [6, 6.07) is 3.79. The molecule has 3 heterocycles. The maximum absolute atomic E-state index is 12.9. The highest BCUT2D eigenvalue weighted by molar-refractivity contribution is 7.13. The first-order valence-electron chi connectivity index (χ1n) is 9.98. The van der Waals surface area contributed by atoms with Crippen LogP contribution in [-0.2, 0) is 0 Å². The van der Waals surface area contributed by atoms with Gasteiger partial charge in [0, 0.05) is 37.4 Å². The second-order valence-corrected chi connectivity index (χ2v) is 9.07. The third kappa shape index (κ3) is 4.24. The normalized spacial score (nSPS) is 19.5. The van der Waals surface area contributed by atoms with Gasteiger partial charge in [0.2, 0.25) is 0 Å². The summed E-state index contributed by atoms with van der Waals surface area (Å²) >= 11 is 1.47. The molecule has 1 saturated heterocycles. The first kappa shape index (κ1) is 19.1. The van der Waals surface area contributed by atoms with Gasteiger partial charge < -0.3 is 10.2 Å². The summed E-state index contributed by atoms with van der Waals surface area (Å²) in [6.07, 6.45) is 6.06. The summed E-state index contributed by atoms with van der Waals surface area (Å²) in [7, 11) is 0. The number of aryl methyl sites for hydroxylation is 2. The van der Waals surface area contributed by atoms with Crippen LogP contribution in [0.25, 0.3) is 0 Å². The van der Waals surface area contributed by atoms with E-state index in [2.05, 4.69) is 15.3 Å². The van der Waals surface area contributed by atoms with E-state index in [0.29, 0.717) is 18.0 Å². The maximum atomic E-state index is 12.9. The zero-order valence-corrected chi connectivity index (χ0v) is 17.2. The molecule has 0 aromatic carbocycles. The molecular formula is C21H26N4O2S. The number of nitrogens with zero attached hydrogens (tertiary/aromatic N) is 3. The number of hydrogen-bond donors (Lipinski definition) is 1. The zero-order chi connectivity index (χ0) is 19.7. The van der Waals surface area contributed by atoms with E-state index in [1.165, 1.54) is 24.2 Å². The topological polar surface area (TPSA) is 75.2 Å². The molecule has 0 bridgehead atoms. The fourth-order valence-corrected chi connectivity index (χ4v) is 4.61. The highest BCUT2D eigenvalue weighted by Gasteiger charge is 2.28. The van der Waals surface area contributed by atoms with Crippen molar-refractivity contribution in [3.8, 4) is 0 Å². The lowest BCUT2D eigenvalue weighted by Gasteiger charge is -2.32. The number of carbonyl (C=O) groups excluding carboxylic acids is 2. The molecule has 6 nitrogen and oxygen atoms in total. The van der Waals surface area contributed by atoms with Gasteiger partial charge in [0.15, 0.2) is 0 Å². The average Bonchev–Trinajstić information content (AvgIpc) is 3.48. The van der Waals surface area contributed by atoms with Gasteiger partial charge in [-0.2, -0.15) is 0 Å². The van der Waals surface area contributed by atoms with Gasteiger partial charge in [0.25, 0.3) is 11.8 Å². The summed E-state index contributed by atoms with van der Waals surface area (Å²) < 4.78 is 0. The van der Waals surface area contributed by atoms with Crippen molar-refractivity contribution in [2.24, 2.45) is 5.92 Å². The quantitative estimate of drug-likeness (QED) is 0.838. The van der Waals surface area contributed by atoms with Crippen LogP contribution in [0.4, 0.5) is 0 Å². The molecule has 28 heavy (non-hydrogen) atoms. The lowest BCUT2D eigenvalue weighted by molar-refractivity contribution is 0.0709. The minimum Gasteiger partial charge on any atom is -0.352 e. The standard InChI is InChI=1S/C21H26N4O2S/c1-13-19(28-14(2)24-13)21(27)25-9-3-4-17(12-25)18-8-7-16(11-22-18)20(26)23-10-15-5-6-15/h7-8,11,15,17H,3-6,9-10,12H2,1-2H3,(H,23,26). The number of hydrogen-bond acceptors (Lipinski definition) is 5. The van der Waals surface area contributed by atoms with E-state index in [4.69, 9.17) is 0 Å². The van der Waals surface area contributed by atoms with Gasteiger partial charge in [-0.25, -0.2) is 4.98 Å². The Balaban J connectivity index is 1.40. The van der Waals surface area contributed by atoms with Gasteiger partial charge >= 0.3 is 0 Å². The molecule has 7 heteroatoms. The summed E-state index contributed by atoms with van der Waals surface area (Å²) in [5.41, 5.74) is 2.37. The molecule has 0 spiro atoms. The van der Waals surface area contributed by atoms with Gasteiger partial charge in [-0.15, -0.1) is 11.3 Å². The van der Waals surface area contributed by atoms with Crippen LogP contribution >= 0.6 is 11.3 Å². The smallest absolute Gasteiger partial charge is 0.265 e. The fourth-order valence-electron chi connectivity index (χ4n) is 3.72. The Hall–Kier alpha value is -2.28. The molecule has 1 atom stereocenters. The van der Waals surface area contributed by atoms with Gasteiger partial charge in [-0.1, -0.05) is 0 Å². The molecule has 2 aliphatic rings. The van der Waals surface area contributed by atoms with Crippen LogP contribution in [0.2, 0.25) is 0 Å². The summed E-state index contributed by atoms with van der Waals surface area (Å²) in [6.45, 7) is 6.02. The first-order valence-corrected chi connectivity index (χ1v) is 10.8. The third-order valence-corrected chi connectivity index (χ3v) is 6.58. The number of carbonyl (C=O) groups is 2. The predicted molar refractivity (Wildman–Crippen MR) is 109 cm³/mol. The van der Waals surface area contributed by atoms with Crippen molar-refractivity contribution in [3.63, 3.8) is 0 Å². The Labute approximate surface area is 169 Å². The van der Waals surface area contributed by atoms with E-state index in [1.807, 2.05) is 30.9 Å². The molecule has 2 amide bonds. The van der Waals surface area contributed by atoms with Crippen molar-refractivity contribution >= 4 is 23.2 Å². The fraction of sp³-hybridized carbons (Fsp3) is 0.524. The number of amides is 2. The van der Waals surface area contributed by atoms with Crippen molar-refractivity contribution in [1.82, 2.24) is 20.2 Å². The number of pyridine rings is 1. The molecule has 1 saturated carbocycles. The second kappa shape index (κ2) is 7.99.